The van der Waals surface area contributed by atoms with E-state index >= 15 is 0 Å². The molecule has 0 radical (unpaired) electrons. The van der Waals surface area contributed by atoms with Gasteiger partial charge in [0.05, 0.1) is 17.5 Å². The van der Waals surface area contributed by atoms with Crippen molar-refractivity contribution in [3.63, 3.8) is 0 Å². The van der Waals surface area contributed by atoms with Crippen LogP contribution in [0.15, 0.2) is 12.1 Å². The summed E-state index contributed by atoms with van der Waals surface area (Å²) in [5.41, 5.74) is 6.10. The Labute approximate surface area is 127 Å². The standard InChI is InChI=1S/C13H17ClN2O3S/c1-18-10-6-8(13-16-3-2-4-20-13)5-9(14)12(10)19-7-11(15)17/h5-6,13,16H,2-4,7H2,1H3,(H2,15,17). The van der Waals surface area contributed by atoms with Gasteiger partial charge >= 0.3 is 0 Å². The second-order valence-corrected chi connectivity index (χ2v) is 5.97. The summed E-state index contributed by atoms with van der Waals surface area (Å²) in [6.07, 6.45) is 1.16. The number of ether oxygens (including phenoxy) is 2. The largest absolute Gasteiger partial charge is 0.493 e. The van der Waals surface area contributed by atoms with Crippen molar-refractivity contribution in [3.05, 3.63) is 22.7 Å². The number of nitrogens with two attached hydrogens (primary N) is 1. The van der Waals surface area contributed by atoms with Gasteiger partial charge in [0.15, 0.2) is 18.1 Å². The van der Waals surface area contributed by atoms with Gasteiger partial charge in [-0.3, -0.25) is 4.79 Å². The number of benzene rings is 1. The Morgan fingerprint density at radius 2 is 2.40 bits per heavy atom. The smallest absolute Gasteiger partial charge is 0.255 e. The minimum atomic E-state index is -0.559. The topological polar surface area (TPSA) is 73.6 Å². The highest BCUT2D eigenvalue weighted by atomic mass is 35.5. The average molecular weight is 317 g/mol. The Kier molecular flexibility index (Phi) is 5.39. The van der Waals surface area contributed by atoms with Crippen LogP contribution in [-0.4, -0.2) is 31.9 Å². The number of amides is 1. The van der Waals surface area contributed by atoms with Crippen molar-refractivity contribution in [2.75, 3.05) is 26.0 Å². The van der Waals surface area contributed by atoms with Crippen LogP contribution in [-0.2, 0) is 4.79 Å². The number of methoxy groups -OCH3 is 1. The minimum absolute atomic E-state index is 0.195. The summed E-state index contributed by atoms with van der Waals surface area (Å²) in [5, 5.41) is 4.02. The predicted octanol–water partition coefficient (Wildman–Crippen LogP) is 1.94. The number of carbonyl (C=O) groups is 1. The van der Waals surface area contributed by atoms with E-state index in [4.69, 9.17) is 26.8 Å². The Morgan fingerprint density at radius 3 is 3.00 bits per heavy atom. The first-order chi connectivity index (χ1) is 9.61. The normalized spacial score (nSPS) is 18.6. The molecule has 1 aliphatic heterocycles. The highest BCUT2D eigenvalue weighted by molar-refractivity contribution is 7.99. The van der Waals surface area contributed by atoms with Crippen LogP contribution >= 0.6 is 23.4 Å². The maximum absolute atomic E-state index is 10.8. The van der Waals surface area contributed by atoms with Crippen LogP contribution in [0.1, 0.15) is 17.4 Å². The van der Waals surface area contributed by atoms with Crippen LogP contribution in [0.2, 0.25) is 5.02 Å². The van der Waals surface area contributed by atoms with Crippen LogP contribution < -0.4 is 20.5 Å². The van der Waals surface area contributed by atoms with Gasteiger partial charge in [0.25, 0.3) is 5.91 Å². The van der Waals surface area contributed by atoms with E-state index in [0.29, 0.717) is 16.5 Å². The van der Waals surface area contributed by atoms with E-state index in [1.807, 2.05) is 23.9 Å². The van der Waals surface area contributed by atoms with Gasteiger partial charge in [0, 0.05) is 0 Å². The van der Waals surface area contributed by atoms with E-state index < -0.39 is 5.91 Å². The molecule has 5 nitrogen and oxygen atoms in total. The number of halogens is 1. The van der Waals surface area contributed by atoms with E-state index in [9.17, 15) is 4.79 Å². The molecule has 1 aliphatic rings. The molecule has 1 aromatic rings. The third kappa shape index (κ3) is 3.71. The molecular formula is C13H17ClN2O3S. The van der Waals surface area contributed by atoms with Crippen LogP contribution in [0.3, 0.4) is 0 Å². The molecule has 1 fully saturated rings. The molecule has 0 aromatic heterocycles. The first-order valence-corrected chi connectivity index (χ1v) is 7.68. The minimum Gasteiger partial charge on any atom is -0.493 e. The summed E-state index contributed by atoms with van der Waals surface area (Å²) in [7, 11) is 1.54. The fraction of sp³-hybridized carbons (Fsp3) is 0.462. The molecule has 1 amide bonds. The maximum atomic E-state index is 10.8. The predicted molar refractivity (Wildman–Crippen MR) is 80.5 cm³/mol. The van der Waals surface area contributed by atoms with E-state index in [1.165, 1.54) is 7.11 Å². The molecule has 7 heteroatoms. The molecular weight excluding hydrogens is 300 g/mol. The summed E-state index contributed by atoms with van der Waals surface area (Å²) in [5.74, 6) is 1.40. The van der Waals surface area contributed by atoms with Gasteiger partial charge < -0.3 is 20.5 Å². The van der Waals surface area contributed by atoms with E-state index in [1.54, 1.807) is 0 Å². The number of nitrogens with one attached hydrogen (secondary N) is 1. The Hall–Kier alpha value is -1.11. The molecule has 0 spiro atoms. The Balaban J connectivity index is 2.24. The second-order valence-electron chi connectivity index (χ2n) is 4.35. The van der Waals surface area contributed by atoms with Gasteiger partial charge in [-0.1, -0.05) is 11.6 Å². The molecule has 1 atom stereocenters. The van der Waals surface area contributed by atoms with Crippen LogP contribution in [0.4, 0.5) is 0 Å². The first kappa shape index (κ1) is 15.3. The highest BCUT2D eigenvalue weighted by Gasteiger charge is 2.20. The Morgan fingerprint density at radius 1 is 1.60 bits per heavy atom. The van der Waals surface area contributed by atoms with Crippen molar-refractivity contribution in [1.29, 1.82) is 0 Å². The molecule has 1 saturated heterocycles. The van der Waals surface area contributed by atoms with Crippen molar-refractivity contribution in [2.24, 2.45) is 5.73 Å². The van der Waals surface area contributed by atoms with E-state index in [0.717, 1.165) is 24.3 Å². The highest BCUT2D eigenvalue weighted by Crippen LogP contribution is 2.40. The zero-order valence-electron chi connectivity index (χ0n) is 11.1. The van der Waals surface area contributed by atoms with Crippen molar-refractivity contribution in [2.45, 2.75) is 11.8 Å². The quantitative estimate of drug-likeness (QED) is 0.868. The van der Waals surface area contributed by atoms with Crippen LogP contribution in [0.5, 0.6) is 11.5 Å². The van der Waals surface area contributed by atoms with Crippen LogP contribution in [0.25, 0.3) is 0 Å². The van der Waals surface area contributed by atoms with Crippen molar-refractivity contribution >= 4 is 29.3 Å². The molecule has 2 rings (SSSR count). The third-order valence-electron chi connectivity index (χ3n) is 2.85. The monoisotopic (exact) mass is 316 g/mol. The van der Waals surface area contributed by atoms with Crippen molar-refractivity contribution in [3.8, 4) is 11.5 Å². The van der Waals surface area contributed by atoms with Gasteiger partial charge in [-0.05, 0) is 36.4 Å². The summed E-state index contributed by atoms with van der Waals surface area (Å²) in [4.78, 5) is 10.8. The van der Waals surface area contributed by atoms with Crippen molar-refractivity contribution in [1.82, 2.24) is 5.32 Å². The molecule has 1 aromatic carbocycles. The van der Waals surface area contributed by atoms with Gasteiger partial charge in [-0.25, -0.2) is 0 Å². The molecule has 110 valence electrons. The summed E-state index contributed by atoms with van der Waals surface area (Å²) in [6, 6.07) is 3.70. The summed E-state index contributed by atoms with van der Waals surface area (Å²) >= 11 is 8.05. The number of thioether (sulfide) groups is 1. The molecule has 0 bridgehead atoms. The first-order valence-electron chi connectivity index (χ1n) is 6.25. The zero-order valence-corrected chi connectivity index (χ0v) is 12.7. The summed E-state index contributed by atoms with van der Waals surface area (Å²) in [6.45, 7) is 0.753. The molecule has 0 aliphatic carbocycles. The fourth-order valence-electron chi connectivity index (χ4n) is 1.95. The molecule has 3 N–H and O–H groups in total. The van der Waals surface area contributed by atoms with Gasteiger partial charge in [0.2, 0.25) is 0 Å². The van der Waals surface area contributed by atoms with E-state index in [2.05, 4.69) is 5.32 Å². The lowest BCUT2D eigenvalue weighted by Crippen LogP contribution is -2.25. The lowest BCUT2D eigenvalue weighted by Gasteiger charge is -2.24. The number of primary amides is 1. The summed E-state index contributed by atoms with van der Waals surface area (Å²) < 4.78 is 10.6. The lowest BCUT2D eigenvalue weighted by atomic mass is 10.2. The maximum Gasteiger partial charge on any atom is 0.255 e. The molecule has 0 saturated carbocycles. The fourth-order valence-corrected chi connectivity index (χ4v) is 3.34. The van der Waals surface area contributed by atoms with E-state index in [-0.39, 0.29) is 12.0 Å². The average Bonchev–Trinajstić information content (AvgIpc) is 2.46. The Bertz CT molecular complexity index is 493. The van der Waals surface area contributed by atoms with Crippen molar-refractivity contribution < 1.29 is 14.3 Å². The van der Waals surface area contributed by atoms with Gasteiger partial charge in [0.1, 0.15) is 0 Å². The number of carbonyl (C=O) groups excluding carboxylic acids is 1. The molecule has 20 heavy (non-hydrogen) atoms. The molecule has 1 unspecified atom stereocenters. The SMILES string of the molecule is COc1cc(C2NCCCS2)cc(Cl)c1OCC(N)=O. The lowest BCUT2D eigenvalue weighted by molar-refractivity contribution is -0.119. The van der Waals surface area contributed by atoms with Crippen LogP contribution in [0, 0.1) is 0 Å². The number of hydrogen-bond donors (Lipinski definition) is 2. The second kappa shape index (κ2) is 7.06. The number of hydrogen-bond acceptors (Lipinski definition) is 5. The van der Waals surface area contributed by atoms with Gasteiger partial charge in [-0.15, -0.1) is 11.8 Å². The number of rotatable bonds is 5. The molecule has 1 heterocycles. The third-order valence-corrected chi connectivity index (χ3v) is 4.43. The van der Waals surface area contributed by atoms with Gasteiger partial charge in [-0.2, -0.15) is 0 Å². The zero-order chi connectivity index (χ0) is 14.5.